The predicted octanol–water partition coefficient (Wildman–Crippen LogP) is 19.2. The zero-order chi connectivity index (χ0) is 79.9. The molecule has 2 saturated heterocycles. The first kappa shape index (κ1) is 89.9. The third-order valence-corrected chi connectivity index (χ3v) is 24.1. The molecule has 0 radical (unpaired) electrons. The van der Waals surface area contributed by atoms with Crippen molar-refractivity contribution < 1.29 is 76.0 Å². The maximum absolute atomic E-state index is 13.3. The van der Waals surface area contributed by atoms with Crippen LogP contribution in [0.4, 0.5) is 0 Å². The number of benzene rings is 7. The topological polar surface area (TPSA) is 179 Å². The van der Waals surface area contributed by atoms with E-state index in [2.05, 4.69) is 105 Å². The summed E-state index contributed by atoms with van der Waals surface area (Å²) in [7, 11) is 0.748. The van der Waals surface area contributed by atoms with Crippen LogP contribution in [0.3, 0.4) is 0 Å². The van der Waals surface area contributed by atoms with Crippen LogP contribution in [0.2, 0.25) is 51.4 Å². The Labute approximate surface area is 676 Å². The first-order valence-electron chi connectivity index (χ1n) is 37.9. The van der Waals surface area contributed by atoms with E-state index in [0.29, 0.717) is 90.6 Å². The number of methoxy groups -OCH3 is 2. The monoisotopic (exact) mass is 1710 g/mol. The van der Waals surface area contributed by atoms with Crippen molar-refractivity contribution in [3.63, 3.8) is 0 Å². The maximum atomic E-state index is 13.3. The summed E-state index contributed by atoms with van der Waals surface area (Å²) in [5.74, 6) is -1.30. The van der Waals surface area contributed by atoms with Crippen LogP contribution in [-0.2, 0) is 65.9 Å². The van der Waals surface area contributed by atoms with Crippen molar-refractivity contribution in [2.45, 2.75) is 199 Å². The van der Waals surface area contributed by atoms with E-state index < -0.39 is 58.1 Å². The quantitative estimate of drug-likeness (QED) is 0.00688. The second kappa shape index (κ2) is 44.8. The fourth-order valence-corrected chi connectivity index (χ4v) is 16.2. The standard InChI is InChI=1S/C42H54O8Si.C27H33IO6.C21H28O2SeSi/c1-30-27-31(2)38(41(44)47-25-26-51(6,7)8)34(28-30)17-14-19-37-39(50-42(3,4)49-37)36(48-40(43)33-15-10-9-11-16-33)18-12-13-24-46-29-32-20-22-35(45-5)23-21-32;1-27(2)33-24(16-17-28)25(34-27)23(32-26(29)21-9-5-4-6-10-21)11-7-8-18-31-19-20-12-14-22(30-3)15-13-20;1-16-13-17(2)20(21(22)23-11-12-25(3,4)5)18(14-16)15-24-19-9-7-6-8-10-19/h9-12,14-18,20-23,27-28,36-37,39H,13,19,24-26,29H2,1-8H3;4-7,9-15,23-25H,8,16-19H2,1-3H3;6-10,13-14H,11-12,15H2,1-5H3/b17-14+,18-12-;11-7-;/t36?,37-,39?;23?,24-,25?;/m00./s1. The summed E-state index contributed by atoms with van der Waals surface area (Å²) in [6.45, 7) is 32.2. The molecule has 16 nitrogen and oxygen atoms in total. The van der Waals surface area contributed by atoms with E-state index in [0.717, 1.165) is 84.3 Å². The van der Waals surface area contributed by atoms with Crippen molar-refractivity contribution in [1.29, 1.82) is 0 Å². The molecular weight excluding hydrogens is 1600 g/mol. The van der Waals surface area contributed by atoms with Crippen LogP contribution in [0, 0.1) is 27.7 Å². The van der Waals surface area contributed by atoms with Crippen LogP contribution < -0.4 is 13.9 Å². The zero-order valence-electron chi connectivity index (χ0n) is 67.2. The van der Waals surface area contributed by atoms with Gasteiger partial charge in [-0.25, -0.2) is 14.4 Å². The molecule has 0 amide bonds. The van der Waals surface area contributed by atoms with Crippen molar-refractivity contribution in [2.24, 2.45) is 0 Å². The van der Waals surface area contributed by atoms with Crippen LogP contribution in [0.15, 0.2) is 194 Å². The number of carbonyl (C=O) groups is 4. The third kappa shape index (κ3) is 31.3. The number of ether oxygens (including phenoxy) is 12. The summed E-state index contributed by atoms with van der Waals surface area (Å²) in [6, 6.07) is 54.1. The molecule has 0 spiro atoms. The van der Waals surface area contributed by atoms with Gasteiger partial charge in [-0.3, -0.25) is 0 Å². The van der Waals surface area contributed by atoms with Gasteiger partial charge in [0.1, 0.15) is 35.9 Å². The van der Waals surface area contributed by atoms with Gasteiger partial charge in [0.15, 0.2) is 11.6 Å². The first-order valence-corrected chi connectivity index (χ1v) is 48.9. The van der Waals surface area contributed by atoms with Gasteiger partial charge in [-0.2, -0.15) is 0 Å². The fourth-order valence-electron chi connectivity index (χ4n) is 12.3. The number of aryl methyl sites for hydroxylation is 4. The van der Waals surface area contributed by atoms with Crippen LogP contribution in [0.1, 0.15) is 139 Å². The van der Waals surface area contributed by atoms with Crippen LogP contribution in [-0.4, -0.2) is 148 Å². The first-order chi connectivity index (χ1) is 52.4. The SMILES string of the molecule is COc1ccc(COCC/C=C\C(OC(=O)c2ccccc2)C2OC(C)(C)O[C@H]2C/C=C/c2cc(C)cc(C)c2C(=O)OCC[Si](C)(C)C)cc1.COc1ccc(COCC/C=C\C(OC(=O)c2ccccc2)C2OC(C)(C)O[C@H]2CCI)cc1.Cc1cc(C)c(C(=O)OCC[Si](C)(C)C)c(C[Se]c2ccccc2)c1. The van der Waals surface area contributed by atoms with E-state index in [1.54, 1.807) is 50.6 Å². The molecule has 0 aromatic heterocycles. The molecule has 2 aliphatic rings. The van der Waals surface area contributed by atoms with Crippen molar-refractivity contribution >= 4 is 88.1 Å². The second-order valence-electron chi connectivity index (χ2n) is 30.8. The molecule has 4 unspecified atom stereocenters. The average Bonchev–Trinajstić information content (AvgIpc) is 1.63. The summed E-state index contributed by atoms with van der Waals surface area (Å²) in [5.41, 5.74) is 10.5. The number of hydrogen-bond donors (Lipinski definition) is 0. The van der Waals surface area contributed by atoms with Gasteiger partial charge in [0.2, 0.25) is 0 Å². The molecule has 0 saturated carbocycles. The van der Waals surface area contributed by atoms with Crippen LogP contribution >= 0.6 is 22.6 Å². The molecule has 0 bridgehead atoms. The van der Waals surface area contributed by atoms with Crippen molar-refractivity contribution in [1.82, 2.24) is 0 Å². The van der Waals surface area contributed by atoms with Gasteiger partial charge >= 0.3 is 177 Å². The van der Waals surface area contributed by atoms with Gasteiger partial charge in [-0.1, -0.05) is 145 Å². The molecule has 7 aromatic carbocycles. The van der Waals surface area contributed by atoms with Gasteiger partial charge < -0.3 is 52.1 Å². The molecule has 7 aromatic rings. The van der Waals surface area contributed by atoms with Gasteiger partial charge in [-0.15, -0.1) is 0 Å². The minimum atomic E-state index is -1.35. The molecule has 2 heterocycles. The Kier molecular flexibility index (Phi) is 36.6. The molecule has 6 atom stereocenters. The summed E-state index contributed by atoms with van der Waals surface area (Å²) in [5, 5.41) is 0.915. The van der Waals surface area contributed by atoms with E-state index in [-0.39, 0.29) is 30.1 Å². The summed E-state index contributed by atoms with van der Waals surface area (Å²) in [4.78, 5) is 52.0. The number of carbonyl (C=O) groups excluding carboxylic acids is 4. The Bertz CT molecular complexity index is 4080. The number of halogens is 1. The van der Waals surface area contributed by atoms with E-state index in [9.17, 15) is 19.2 Å². The van der Waals surface area contributed by atoms with E-state index in [4.69, 9.17) is 56.8 Å². The number of rotatable bonds is 36. The normalized spacial score (nSPS) is 17.2. The third-order valence-electron chi connectivity index (χ3n) is 17.8. The van der Waals surface area contributed by atoms with Crippen LogP contribution in [0.5, 0.6) is 11.5 Å². The number of esters is 4. The van der Waals surface area contributed by atoms with E-state index in [1.807, 2.05) is 176 Å². The molecule has 2 fully saturated rings. The molecule has 9 rings (SSSR count). The summed E-state index contributed by atoms with van der Waals surface area (Å²) >= 11 is 2.64. The van der Waals surface area contributed by atoms with E-state index >= 15 is 0 Å². The fraction of sp³-hybridized carbons (Fsp3) is 0.422. The van der Waals surface area contributed by atoms with Crippen molar-refractivity contribution in [3.05, 3.63) is 261 Å². The summed E-state index contributed by atoms with van der Waals surface area (Å²) < 4.78 is 72.7. The zero-order valence-corrected chi connectivity index (χ0v) is 73.1. The molecule has 0 aliphatic carbocycles. The second-order valence-corrected chi connectivity index (χ2v) is 45.3. The Morgan fingerprint density at radius 1 is 0.509 bits per heavy atom. The Balaban J connectivity index is 0.000000246. The molecule has 20 heteroatoms. The van der Waals surface area contributed by atoms with Gasteiger partial charge in [0, 0.05) is 12.5 Å². The molecular formula is C90H115IO16SeSi2. The number of hydrogen-bond acceptors (Lipinski definition) is 16. The van der Waals surface area contributed by atoms with Gasteiger partial charge in [0.25, 0.3) is 0 Å². The van der Waals surface area contributed by atoms with E-state index in [1.165, 1.54) is 10.0 Å². The Morgan fingerprint density at radius 3 is 1.39 bits per heavy atom. The predicted molar refractivity (Wildman–Crippen MR) is 453 cm³/mol. The van der Waals surface area contributed by atoms with Crippen molar-refractivity contribution in [2.75, 3.05) is 45.1 Å². The number of alkyl halides is 1. The molecule has 2 aliphatic heterocycles. The van der Waals surface area contributed by atoms with Crippen molar-refractivity contribution in [3.8, 4) is 11.5 Å². The molecule has 592 valence electrons. The average molecular weight is 1710 g/mol. The summed E-state index contributed by atoms with van der Waals surface area (Å²) in [6.07, 6.45) is 11.4. The Hall–Kier alpha value is -7.32. The molecule has 110 heavy (non-hydrogen) atoms. The Morgan fingerprint density at radius 2 is 0.936 bits per heavy atom. The van der Waals surface area contributed by atoms with Gasteiger partial charge in [-0.05, 0) is 156 Å². The van der Waals surface area contributed by atoms with Gasteiger partial charge in [0.05, 0.1) is 76.2 Å². The van der Waals surface area contributed by atoms with Crippen LogP contribution in [0.25, 0.3) is 6.08 Å². The minimum absolute atomic E-state index is 0.156. The molecule has 0 N–H and O–H groups in total.